The summed E-state index contributed by atoms with van der Waals surface area (Å²) >= 11 is 0. The Morgan fingerprint density at radius 1 is 1.05 bits per heavy atom. The fourth-order valence-corrected chi connectivity index (χ4v) is 3.83. The topological polar surface area (TPSA) is 12.0 Å². The van der Waals surface area contributed by atoms with Gasteiger partial charge in [0.05, 0.1) is 0 Å². The molecule has 0 aromatic heterocycles. The number of hydrogen-bond donors (Lipinski definition) is 1. The Kier molecular flexibility index (Phi) is 2.36. The van der Waals surface area contributed by atoms with E-state index in [0.29, 0.717) is 11.5 Å². The number of halogens is 2. The highest BCUT2D eigenvalue weighted by molar-refractivity contribution is 5.34. The fourth-order valence-electron chi connectivity index (χ4n) is 3.83. The first-order chi connectivity index (χ1) is 9.09. The van der Waals surface area contributed by atoms with Gasteiger partial charge in [-0.05, 0) is 61.6 Å². The van der Waals surface area contributed by atoms with Crippen molar-refractivity contribution in [2.45, 2.75) is 50.0 Å². The molecular weight excluding hydrogens is 244 g/mol. The summed E-state index contributed by atoms with van der Waals surface area (Å²) in [5, 5.41) is 3.56. The molecule has 0 bridgehead atoms. The molecule has 0 amide bonds. The smallest absolute Gasteiger partial charge is 0.126 e. The second-order valence-corrected chi connectivity index (χ2v) is 6.95. The van der Waals surface area contributed by atoms with E-state index in [1.807, 2.05) is 0 Å². The van der Waals surface area contributed by atoms with Crippen molar-refractivity contribution in [1.82, 2.24) is 5.32 Å². The Labute approximate surface area is 112 Å². The Bertz CT molecular complexity index is 489. The third kappa shape index (κ3) is 2.08. The minimum absolute atomic E-state index is 0.0258. The van der Waals surface area contributed by atoms with E-state index in [9.17, 15) is 8.78 Å². The Hall–Kier alpha value is -0.960. The van der Waals surface area contributed by atoms with Crippen molar-refractivity contribution >= 4 is 0 Å². The molecule has 1 nitrogen and oxygen atoms in total. The average molecular weight is 263 g/mol. The molecule has 0 atom stereocenters. The Morgan fingerprint density at radius 3 is 2.21 bits per heavy atom. The van der Waals surface area contributed by atoms with Gasteiger partial charge in [-0.3, -0.25) is 0 Å². The molecule has 1 aromatic rings. The molecule has 1 aromatic carbocycles. The molecule has 3 saturated carbocycles. The minimum atomic E-state index is -0.447. The van der Waals surface area contributed by atoms with Crippen LogP contribution in [0.1, 0.15) is 44.1 Å². The lowest BCUT2D eigenvalue weighted by molar-refractivity contribution is 0.115. The summed E-state index contributed by atoms with van der Waals surface area (Å²) in [7, 11) is 0. The third-order valence-electron chi connectivity index (χ3n) is 5.17. The summed E-state index contributed by atoms with van der Waals surface area (Å²) in [5.74, 6) is -0.893. The monoisotopic (exact) mass is 263 g/mol. The molecule has 3 fully saturated rings. The van der Waals surface area contributed by atoms with Crippen LogP contribution in [-0.2, 0) is 5.41 Å². The average Bonchev–Trinajstić information content (AvgIpc) is 3.18. The van der Waals surface area contributed by atoms with Gasteiger partial charge in [0.1, 0.15) is 11.6 Å². The first-order valence-corrected chi connectivity index (χ1v) is 7.29. The van der Waals surface area contributed by atoms with Crippen LogP contribution in [0.5, 0.6) is 0 Å². The van der Waals surface area contributed by atoms with Crippen LogP contribution in [0.4, 0.5) is 8.78 Å². The molecule has 4 rings (SSSR count). The van der Waals surface area contributed by atoms with E-state index in [4.69, 9.17) is 0 Å². The van der Waals surface area contributed by atoms with Gasteiger partial charge in [0, 0.05) is 24.1 Å². The molecular formula is C16H19F2N. The van der Waals surface area contributed by atoms with Gasteiger partial charge in [-0.2, -0.15) is 0 Å². The highest BCUT2D eigenvalue weighted by Crippen LogP contribution is 2.68. The molecule has 0 saturated heterocycles. The molecule has 1 N–H and O–H groups in total. The quantitative estimate of drug-likeness (QED) is 0.876. The normalized spacial score (nSPS) is 26.2. The largest absolute Gasteiger partial charge is 0.313 e. The van der Waals surface area contributed by atoms with Gasteiger partial charge < -0.3 is 5.32 Å². The lowest BCUT2D eigenvalue weighted by Gasteiger charge is -2.49. The van der Waals surface area contributed by atoms with Crippen LogP contribution >= 0.6 is 0 Å². The van der Waals surface area contributed by atoms with E-state index in [1.165, 1.54) is 37.8 Å². The second-order valence-electron chi connectivity index (χ2n) is 6.95. The molecule has 0 radical (unpaired) electrons. The number of nitrogens with one attached hydrogen (secondary N) is 1. The SMILES string of the molecule is Fc1cc(F)cc(C2(CNC3CC3)CC3(CC3)C2)c1. The Balaban J connectivity index is 1.61. The van der Waals surface area contributed by atoms with Crippen molar-refractivity contribution in [3.05, 3.63) is 35.4 Å². The van der Waals surface area contributed by atoms with Gasteiger partial charge in [0.2, 0.25) is 0 Å². The second kappa shape index (κ2) is 3.78. The van der Waals surface area contributed by atoms with E-state index in [2.05, 4.69) is 5.32 Å². The van der Waals surface area contributed by atoms with Gasteiger partial charge >= 0.3 is 0 Å². The van der Waals surface area contributed by atoms with Crippen molar-refractivity contribution < 1.29 is 8.78 Å². The summed E-state index contributed by atoms with van der Waals surface area (Å²) < 4.78 is 27.0. The van der Waals surface area contributed by atoms with Crippen molar-refractivity contribution in [2.24, 2.45) is 5.41 Å². The van der Waals surface area contributed by atoms with E-state index < -0.39 is 11.6 Å². The molecule has 3 heteroatoms. The van der Waals surface area contributed by atoms with Crippen LogP contribution in [0.2, 0.25) is 0 Å². The van der Waals surface area contributed by atoms with Crippen LogP contribution < -0.4 is 5.32 Å². The minimum Gasteiger partial charge on any atom is -0.313 e. The van der Waals surface area contributed by atoms with E-state index in [0.717, 1.165) is 31.0 Å². The van der Waals surface area contributed by atoms with Crippen LogP contribution in [0, 0.1) is 17.0 Å². The van der Waals surface area contributed by atoms with Crippen LogP contribution in [0.3, 0.4) is 0 Å². The van der Waals surface area contributed by atoms with E-state index in [1.54, 1.807) is 0 Å². The predicted octanol–water partition coefficient (Wildman–Crippen LogP) is 3.53. The summed E-state index contributed by atoms with van der Waals surface area (Å²) in [4.78, 5) is 0. The van der Waals surface area contributed by atoms with Crippen molar-refractivity contribution in [3.63, 3.8) is 0 Å². The summed E-state index contributed by atoms with van der Waals surface area (Å²) in [5.41, 5.74) is 1.35. The zero-order valence-corrected chi connectivity index (χ0v) is 11.0. The molecule has 3 aliphatic carbocycles. The molecule has 102 valence electrons. The first-order valence-electron chi connectivity index (χ1n) is 7.29. The van der Waals surface area contributed by atoms with Crippen molar-refractivity contribution in [3.8, 4) is 0 Å². The number of benzene rings is 1. The highest BCUT2D eigenvalue weighted by Gasteiger charge is 2.61. The standard InChI is InChI=1S/C16H19F2N/c17-12-5-11(6-13(18)7-12)16(10-19-14-1-2-14)8-15(9-16)3-4-15/h5-7,14,19H,1-4,8-10H2. The lowest BCUT2D eigenvalue weighted by atomic mass is 9.56. The molecule has 0 unspecified atom stereocenters. The molecule has 1 spiro atoms. The van der Waals surface area contributed by atoms with Crippen molar-refractivity contribution in [1.29, 1.82) is 0 Å². The summed E-state index contributed by atoms with van der Waals surface area (Å²) in [6, 6.07) is 4.68. The van der Waals surface area contributed by atoms with Crippen molar-refractivity contribution in [2.75, 3.05) is 6.54 Å². The van der Waals surface area contributed by atoms with E-state index >= 15 is 0 Å². The maximum absolute atomic E-state index is 13.5. The fraction of sp³-hybridized carbons (Fsp3) is 0.625. The van der Waals surface area contributed by atoms with E-state index in [-0.39, 0.29) is 5.41 Å². The maximum atomic E-state index is 13.5. The molecule has 3 aliphatic rings. The van der Waals surface area contributed by atoms with Gasteiger partial charge in [-0.1, -0.05) is 0 Å². The molecule has 0 heterocycles. The number of hydrogen-bond acceptors (Lipinski definition) is 1. The predicted molar refractivity (Wildman–Crippen MR) is 70.0 cm³/mol. The molecule has 19 heavy (non-hydrogen) atoms. The summed E-state index contributed by atoms with van der Waals surface area (Å²) in [6.45, 7) is 0.877. The maximum Gasteiger partial charge on any atom is 0.126 e. The van der Waals surface area contributed by atoms with Crippen LogP contribution in [0.15, 0.2) is 18.2 Å². The lowest BCUT2D eigenvalue weighted by Crippen LogP contribution is -2.50. The van der Waals surface area contributed by atoms with Gasteiger partial charge in [-0.25, -0.2) is 8.78 Å². The zero-order chi connectivity index (χ0) is 13.1. The van der Waals surface area contributed by atoms with Gasteiger partial charge in [0.15, 0.2) is 0 Å². The number of rotatable bonds is 4. The van der Waals surface area contributed by atoms with Crippen LogP contribution in [-0.4, -0.2) is 12.6 Å². The molecule has 0 aliphatic heterocycles. The summed E-state index contributed by atoms with van der Waals surface area (Å²) in [6.07, 6.45) is 7.30. The third-order valence-corrected chi connectivity index (χ3v) is 5.17. The zero-order valence-electron chi connectivity index (χ0n) is 11.0. The highest BCUT2D eigenvalue weighted by atomic mass is 19.1. The van der Waals surface area contributed by atoms with Gasteiger partial charge in [-0.15, -0.1) is 0 Å². The first kappa shape index (κ1) is 11.8. The van der Waals surface area contributed by atoms with Crippen LogP contribution in [0.25, 0.3) is 0 Å². The Morgan fingerprint density at radius 2 is 1.68 bits per heavy atom. The van der Waals surface area contributed by atoms with Gasteiger partial charge in [0.25, 0.3) is 0 Å².